The highest BCUT2D eigenvalue weighted by Crippen LogP contribution is 2.33. The van der Waals surface area contributed by atoms with Crippen molar-refractivity contribution in [3.8, 4) is 51.0 Å². The first-order chi connectivity index (χ1) is 21.3. The lowest BCUT2D eigenvalue weighted by Gasteiger charge is -2.11. The van der Waals surface area contributed by atoms with Gasteiger partial charge in [0.15, 0.2) is 17.5 Å². The first-order valence-electron chi connectivity index (χ1n) is 14.2. The Morgan fingerprint density at radius 3 is 1.40 bits per heavy atom. The lowest BCUT2D eigenvalue weighted by atomic mass is 10.1. The number of hydrogen-bond donors (Lipinski definition) is 0. The summed E-state index contributed by atoms with van der Waals surface area (Å²) in [6.07, 6.45) is 3.65. The van der Waals surface area contributed by atoms with Gasteiger partial charge in [0.25, 0.3) is 0 Å². The van der Waals surface area contributed by atoms with E-state index in [1.165, 1.54) is 21.8 Å². The Kier molecular flexibility index (Phi) is 6.05. The lowest BCUT2D eigenvalue weighted by Crippen LogP contribution is -2.00. The lowest BCUT2D eigenvalue weighted by molar-refractivity contribution is 1.07. The van der Waals surface area contributed by atoms with Crippen LogP contribution >= 0.6 is 0 Å². The van der Waals surface area contributed by atoms with Gasteiger partial charge in [-0.05, 0) is 53.6 Å². The van der Waals surface area contributed by atoms with E-state index in [2.05, 4.69) is 113 Å². The molecule has 0 aliphatic rings. The second-order valence-electron chi connectivity index (χ2n) is 10.4. The number of aromatic nitrogens is 5. The van der Waals surface area contributed by atoms with Crippen LogP contribution in [-0.2, 0) is 0 Å². The summed E-state index contributed by atoms with van der Waals surface area (Å²) < 4.78 is 2.31. The summed E-state index contributed by atoms with van der Waals surface area (Å²) in [6.45, 7) is 0. The fourth-order valence-corrected chi connectivity index (χ4v) is 5.66. The third kappa shape index (κ3) is 4.53. The molecule has 0 atom stereocenters. The zero-order chi connectivity index (χ0) is 28.6. The first kappa shape index (κ1) is 24.8. The van der Waals surface area contributed by atoms with Crippen LogP contribution in [0, 0.1) is 0 Å². The Hall–Kier alpha value is -5.94. The number of fused-ring (bicyclic) bond motifs is 3. The number of para-hydroxylation sites is 2. The molecule has 0 amide bonds. The van der Waals surface area contributed by atoms with Gasteiger partial charge in [-0.3, -0.25) is 4.98 Å². The van der Waals surface area contributed by atoms with Crippen molar-refractivity contribution >= 4 is 21.8 Å². The van der Waals surface area contributed by atoms with Crippen molar-refractivity contribution in [3.05, 3.63) is 152 Å². The molecule has 202 valence electrons. The molecule has 0 saturated carbocycles. The molecule has 3 heterocycles. The van der Waals surface area contributed by atoms with Crippen LogP contribution in [0.4, 0.5) is 0 Å². The van der Waals surface area contributed by atoms with Gasteiger partial charge in [-0.2, -0.15) is 0 Å². The molecule has 5 nitrogen and oxygen atoms in total. The monoisotopic (exact) mass is 551 g/mol. The highest BCUT2D eigenvalue weighted by Gasteiger charge is 2.14. The Balaban J connectivity index is 1.22. The fraction of sp³-hybridized carbons (Fsp3) is 0. The maximum Gasteiger partial charge on any atom is 0.164 e. The van der Waals surface area contributed by atoms with E-state index in [1.807, 2.05) is 42.6 Å². The Morgan fingerprint density at radius 2 is 0.837 bits per heavy atom. The predicted octanol–water partition coefficient (Wildman–Crippen LogP) is 9.03. The van der Waals surface area contributed by atoms with Gasteiger partial charge in [0.2, 0.25) is 0 Å². The Morgan fingerprint density at radius 1 is 0.372 bits per heavy atom. The van der Waals surface area contributed by atoms with Crippen LogP contribution in [0.3, 0.4) is 0 Å². The fourth-order valence-electron chi connectivity index (χ4n) is 5.66. The number of nitrogens with zero attached hydrogens (tertiary/aromatic N) is 5. The standard InChI is InChI=1S/C38H25N5/c1-2-9-27(10-3-1)36-40-37(28-18-16-26(17-19-28)30-11-8-24-39-25-30)42-38(41-36)29-20-22-31(23-21-29)43-34-14-6-4-12-32(34)33-13-5-7-15-35(33)43/h1-25H. The molecule has 8 aromatic rings. The molecule has 0 unspecified atom stereocenters. The highest BCUT2D eigenvalue weighted by molar-refractivity contribution is 6.09. The third-order valence-electron chi connectivity index (χ3n) is 7.77. The number of rotatable bonds is 5. The van der Waals surface area contributed by atoms with Crippen LogP contribution in [0.1, 0.15) is 0 Å². The third-order valence-corrected chi connectivity index (χ3v) is 7.77. The average molecular weight is 552 g/mol. The molecule has 0 fully saturated rings. The van der Waals surface area contributed by atoms with E-state index in [9.17, 15) is 0 Å². The van der Waals surface area contributed by atoms with Gasteiger partial charge in [-0.15, -0.1) is 0 Å². The van der Waals surface area contributed by atoms with Crippen LogP contribution in [0.2, 0.25) is 0 Å². The molecule has 0 radical (unpaired) electrons. The maximum absolute atomic E-state index is 4.95. The van der Waals surface area contributed by atoms with Crippen LogP contribution in [0.25, 0.3) is 72.8 Å². The summed E-state index contributed by atoms with van der Waals surface area (Å²) in [5, 5.41) is 2.48. The number of pyridine rings is 1. The number of hydrogen-bond acceptors (Lipinski definition) is 4. The molecule has 0 spiro atoms. The zero-order valence-electron chi connectivity index (χ0n) is 23.2. The van der Waals surface area contributed by atoms with Crippen molar-refractivity contribution in [3.63, 3.8) is 0 Å². The molecule has 0 N–H and O–H groups in total. The van der Waals surface area contributed by atoms with E-state index >= 15 is 0 Å². The molecular weight excluding hydrogens is 526 g/mol. The molecule has 0 aliphatic heterocycles. The molecule has 5 aromatic carbocycles. The Labute approximate surface area is 248 Å². The smallest absolute Gasteiger partial charge is 0.164 e. The minimum absolute atomic E-state index is 0.632. The van der Waals surface area contributed by atoms with E-state index in [1.54, 1.807) is 6.20 Å². The normalized spacial score (nSPS) is 11.3. The van der Waals surface area contributed by atoms with Crippen LogP contribution in [0.5, 0.6) is 0 Å². The topological polar surface area (TPSA) is 56.5 Å². The number of benzene rings is 5. The van der Waals surface area contributed by atoms with Gasteiger partial charge in [0, 0.05) is 45.5 Å². The first-order valence-corrected chi connectivity index (χ1v) is 14.2. The van der Waals surface area contributed by atoms with Gasteiger partial charge < -0.3 is 4.57 Å². The second-order valence-corrected chi connectivity index (χ2v) is 10.4. The minimum Gasteiger partial charge on any atom is -0.309 e. The second kappa shape index (κ2) is 10.5. The summed E-state index contributed by atoms with van der Waals surface area (Å²) in [4.78, 5) is 19.0. The zero-order valence-corrected chi connectivity index (χ0v) is 23.2. The SMILES string of the molecule is c1ccc(-c2nc(-c3ccc(-c4cccnc4)cc3)nc(-c3ccc(-n4c5ccccc5c5ccccc54)cc3)n2)cc1. The van der Waals surface area contributed by atoms with Crippen molar-refractivity contribution in [1.82, 2.24) is 24.5 Å². The molecule has 43 heavy (non-hydrogen) atoms. The summed E-state index contributed by atoms with van der Waals surface area (Å²) >= 11 is 0. The van der Waals surface area contributed by atoms with Gasteiger partial charge in [-0.1, -0.05) is 97.1 Å². The molecule has 0 aliphatic carbocycles. The molecular formula is C38H25N5. The van der Waals surface area contributed by atoms with Crippen LogP contribution in [0.15, 0.2) is 152 Å². The maximum atomic E-state index is 4.95. The summed E-state index contributed by atoms with van der Waals surface area (Å²) in [6, 6.07) is 47.9. The van der Waals surface area contributed by atoms with E-state index in [-0.39, 0.29) is 0 Å². The minimum atomic E-state index is 0.632. The molecule has 0 bridgehead atoms. The van der Waals surface area contributed by atoms with E-state index < -0.39 is 0 Å². The molecule has 3 aromatic heterocycles. The van der Waals surface area contributed by atoms with Crippen LogP contribution < -0.4 is 0 Å². The molecule has 0 saturated heterocycles. The van der Waals surface area contributed by atoms with E-state index in [0.29, 0.717) is 17.5 Å². The van der Waals surface area contributed by atoms with Gasteiger partial charge in [0.05, 0.1) is 11.0 Å². The van der Waals surface area contributed by atoms with Crippen molar-refractivity contribution < 1.29 is 0 Å². The van der Waals surface area contributed by atoms with Crippen molar-refractivity contribution in [1.29, 1.82) is 0 Å². The highest BCUT2D eigenvalue weighted by atomic mass is 15.0. The van der Waals surface area contributed by atoms with Crippen molar-refractivity contribution in [2.24, 2.45) is 0 Å². The predicted molar refractivity (Wildman–Crippen MR) is 174 cm³/mol. The van der Waals surface area contributed by atoms with Crippen LogP contribution in [-0.4, -0.2) is 24.5 Å². The summed E-state index contributed by atoms with van der Waals surface area (Å²) in [5.41, 5.74) is 8.41. The molecule has 8 rings (SSSR count). The van der Waals surface area contributed by atoms with Crippen molar-refractivity contribution in [2.45, 2.75) is 0 Å². The average Bonchev–Trinajstić information content (AvgIpc) is 3.43. The molecule has 5 heteroatoms. The van der Waals surface area contributed by atoms with Gasteiger partial charge >= 0.3 is 0 Å². The Bertz CT molecular complexity index is 2150. The van der Waals surface area contributed by atoms with Gasteiger partial charge in [0.1, 0.15) is 0 Å². The summed E-state index contributed by atoms with van der Waals surface area (Å²) in [7, 11) is 0. The van der Waals surface area contributed by atoms with Crippen molar-refractivity contribution in [2.75, 3.05) is 0 Å². The largest absolute Gasteiger partial charge is 0.309 e. The van der Waals surface area contributed by atoms with E-state index in [0.717, 1.165) is 33.5 Å². The van der Waals surface area contributed by atoms with Gasteiger partial charge in [-0.25, -0.2) is 15.0 Å². The summed E-state index contributed by atoms with van der Waals surface area (Å²) in [5.74, 6) is 1.91. The van der Waals surface area contributed by atoms with E-state index in [4.69, 9.17) is 15.0 Å². The quantitative estimate of drug-likeness (QED) is 0.214.